The van der Waals surface area contributed by atoms with Crippen molar-refractivity contribution >= 4 is 5.91 Å². The predicted octanol–water partition coefficient (Wildman–Crippen LogP) is 0.443. The molecule has 82 valence electrons. The summed E-state index contributed by atoms with van der Waals surface area (Å²) in [5, 5.41) is 11.7. The Bertz CT molecular complexity index is 168. The molecule has 1 amide bonds. The van der Waals surface area contributed by atoms with Gasteiger partial charge in [0.25, 0.3) is 0 Å². The van der Waals surface area contributed by atoms with Gasteiger partial charge in [-0.15, -0.1) is 0 Å². The van der Waals surface area contributed by atoms with Crippen molar-refractivity contribution in [3.05, 3.63) is 0 Å². The molecule has 4 heteroatoms. The second kappa shape index (κ2) is 5.98. The summed E-state index contributed by atoms with van der Waals surface area (Å²) in [7, 11) is 0. The lowest BCUT2D eigenvalue weighted by Gasteiger charge is -2.15. The zero-order chi connectivity index (χ0) is 10.4. The zero-order valence-corrected chi connectivity index (χ0v) is 8.66. The lowest BCUT2D eigenvalue weighted by molar-refractivity contribution is -0.124. The number of aliphatic hydroxyl groups is 1. The fourth-order valence-corrected chi connectivity index (χ4v) is 1.58. The maximum atomic E-state index is 11.4. The van der Waals surface area contributed by atoms with Gasteiger partial charge in [0.15, 0.2) is 0 Å². The Morgan fingerprint density at radius 2 is 2.50 bits per heavy atom. The lowest BCUT2D eigenvalue weighted by atomic mass is 10.1. The lowest BCUT2D eigenvalue weighted by Crippen LogP contribution is -2.38. The number of rotatable bonds is 5. The fraction of sp³-hybridized carbons (Fsp3) is 0.900. The molecule has 0 spiro atoms. The Kier molecular flexibility index (Phi) is 4.90. The highest BCUT2D eigenvalue weighted by Crippen LogP contribution is 2.14. The number of aliphatic hydroxyl groups excluding tert-OH is 1. The number of carbonyl (C=O) groups excluding carboxylic acids is 1. The van der Waals surface area contributed by atoms with Crippen LogP contribution in [0.1, 0.15) is 32.6 Å². The Hall–Kier alpha value is -0.610. The van der Waals surface area contributed by atoms with Crippen molar-refractivity contribution in [2.45, 2.75) is 44.8 Å². The molecule has 0 aromatic rings. The number of ether oxygens (including phenoxy) is 1. The van der Waals surface area contributed by atoms with Crippen LogP contribution in [0.2, 0.25) is 0 Å². The van der Waals surface area contributed by atoms with Gasteiger partial charge in [-0.3, -0.25) is 4.79 Å². The van der Waals surface area contributed by atoms with E-state index in [0.29, 0.717) is 6.42 Å². The fourth-order valence-electron chi connectivity index (χ4n) is 1.58. The van der Waals surface area contributed by atoms with Crippen LogP contribution in [0.5, 0.6) is 0 Å². The van der Waals surface area contributed by atoms with E-state index in [2.05, 4.69) is 5.32 Å². The molecule has 14 heavy (non-hydrogen) atoms. The van der Waals surface area contributed by atoms with Gasteiger partial charge in [-0.1, -0.05) is 6.92 Å². The van der Waals surface area contributed by atoms with Crippen molar-refractivity contribution in [1.82, 2.24) is 5.32 Å². The van der Waals surface area contributed by atoms with E-state index >= 15 is 0 Å². The molecule has 1 unspecified atom stereocenters. The quantitative estimate of drug-likeness (QED) is 0.678. The zero-order valence-electron chi connectivity index (χ0n) is 8.66. The molecule has 4 nitrogen and oxygen atoms in total. The molecule has 0 aromatic heterocycles. The Morgan fingerprint density at radius 3 is 3.00 bits per heavy atom. The van der Waals surface area contributed by atoms with Crippen LogP contribution in [-0.4, -0.2) is 36.4 Å². The van der Waals surface area contributed by atoms with E-state index in [4.69, 9.17) is 9.84 Å². The van der Waals surface area contributed by atoms with Gasteiger partial charge in [0.2, 0.25) is 5.91 Å². The molecule has 1 heterocycles. The first-order valence-electron chi connectivity index (χ1n) is 5.28. The number of hydrogen-bond acceptors (Lipinski definition) is 3. The van der Waals surface area contributed by atoms with Gasteiger partial charge in [-0.25, -0.2) is 0 Å². The van der Waals surface area contributed by atoms with Crippen molar-refractivity contribution in [1.29, 1.82) is 0 Å². The third-order valence-corrected chi connectivity index (χ3v) is 2.52. The molecule has 2 N–H and O–H groups in total. The van der Waals surface area contributed by atoms with Gasteiger partial charge in [0.05, 0.1) is 25.2 Å². The van der Waals surface area contributed by atoms with Crippen LogP contribution >= 0.6 is 0 Å². The summed E-state index contributed by atoms with van der Waals surface area (Å²) in [6.07, 6.45) is 3.30. The average Bonchev–Trinajstić information content (AvgIpc) is 2.66. The molecule has 1 fully saturated rings. The summed E-state index contributed by atoms with van der Waals surface area (Å²) >= 11 is 0. The highest BCUT2D eigenvalue weighted by molar-refractivity contribution is 5.76. The molecule has 0 aromatic carbocycles. The Balaban J connectivity index is 2.20. The molecule has 1 saturated heterocycles. The smallest absolute Gasteiger partial charge is 0.222 e. The van der Waals surface area contributed by atoms with Crippen molar-refractivity contribution in [2.75, 3.05) is 13.2 Å². The van der Waals surface area contributed by atoms with Crippen LogP contribution in [0.4, 0.5) is 0 Å². The van der Waals surface area contributed by atoms with Crippen molar-refractivity contribution in [3.63, 3.8) is 0 Å². The van der Waals surface area contributed by atoms with Crippen LogP contribution in [0.3, 0.4) is 0 Å². The van der Waals surface area contributed by atoms with E-state index in [0.717, 1.165) is 25.9 Å². The molecule has 0 radical (unpaired) electrons. The number of amides is 1. The van der Waals surface area contributed by atoms with Crippen LogP contribution < -0.4 is 5.32 Å². The minimum Gasteiger partial charge on any atom is -0.394 e. The Morgan fingerprint density at radius 1 is 1.71 bits per heavy atom. The molecule has 1 aliphatic heterocycles. The highest BCUT2D eigenvalue weighted by Gasteiger charge is 2.20. The Labute approximate surface area is 84.6 Å². The standard InChI is InChI=1S/C10H19NO3/c1-2-8(7-12)11-10(13)6-9-4-3-5-14-9/h8-9,12H,2-7H2,1H3,(H,11,13)/t8-,9?/m1/s1. The van der Waals surface area contributed by atoms with E-state index in [1.807, 2.05) is 6.92 Å². The summed E-state index contributed by atoms with van der Waals surface area (Å²) < 4.78 is 5.35. The van der Waals surface area contributed by atoms with E-state index in [-0.39, 0.29) is 24.7 Å². The van der Waals surface area contributed by atoms with Crippen LogP contribution in [0.15, 0.2) is 0 Å². The maximum Gasteiger partial charge on any atom is 0.222 e. The maximum absolute atomic E-state index is 11.4. The third kappa shape index (κ3) is 3.64. The van der Waals surface area contributed by atoms with Crippen molar-refractivity contribution in [2.24, 2.45) is 0 Å². The third-order valence-electron chi connectivity index (χ3n) is 2.52. The van der Waals surface area contributed by atoms with Crippen molar-refractivity contribution < 1.29 is 14.6 Å². The van der Waals surface area contributed by atoms with Crippen LogP contribution in [0.25, 0.3) is 0 Å². The molecule has 0 saturated carbocycles. The van der Waals surface area contributed by atoms with Gasteiger partial charge < -0.3 is 15.2 Å². The first-order chi connectivity index (χ1) is 6.76. The molecule has 1 rings (SSSR count). The number of hydrogen-bond donors (Lipinski definition) is 2. The topological polar surface area (TPSA) is 58.6 Å². The molecule has 0 bridgehead atoms. The number of carbonyl (C=O) groups is 1. The second-order valence-corrected chi connectivity index (χ2v) is 3.69. The normalized spacial score (nSPS) is 23.4. The largest absolute Gasteiger partial charge is 0.394 e. The van der Waals surface area contributed by atoms with Crippen LogP contribution in [0, 0.1) is 0 Å². The van der Waals surface area contributed by atoms with Gasteiger partial charge >= 0.3 is 0 Å². The second-order valence-electron chi connectivity index (χ2n) is 3.69. The average molecular weight is 201 g/mol. The van der Waals surface area contributed by atoms with Gasteiger partial charge in [-0.05, 0) is 19.3 Å². The van der Waals surface area contributed by atoms with Gasteiger partial charge in [-0.2, -0.15) is 0 Å². The minimum absolute atomic E-state index is 0.00770. The van der Waals surface area contributed by atoms with E-state index in [1.54, 1.807) is 0 Å². The summed E-state index contributed by atoms with van der Waals surface area (Å²) in [6.45, 7) is 2.72. The first-order valence-corrected chi connectivity index (χ1v) is 5.28. The van der Waals surface area contributed by atoms with Crippen molar-refractivity contribution in [3.8, 4) is 0 Å². The monoisotopic (exact) mass is 201 g/mol. The number of nitrogens with one attached hydrogen (secondary N) is 1. The summed E-state index contributed by atoms with van der Waals surface area (Å²) in [4.78, 5) is 11.4. The van der Waals surface area contributed by atoms with Crippen LogP contribution in [-0.2, 0) is 9.53 Å². The molecule has 1 aliphatic rings. The SMILES string of the molecule is CC[C@H](CO)NC(=O)CC1CCCO1. The van der Waals surface area contributed by atoms with Gasteiger partial charge in [0.1, 0.15) is 0 Å². The molecule has 0 aliphatic carbocycles. The summed E-state index contributed by atoms with van der Waals surface area (Å²) in [5.41, 5.74) is 0. The molecular formula is C10H19NO3. The predicted molar refractivity (Wildman–Crippen MR) is 52.9 cm³/mol. The molecular weight excluding hydrogens is 182 g/mol. The van der Waals surface area contributed by atoms with E-state index in [1.165, 1.54) is 0 Å². The highest BCUT2D eigenvalue weighted by atomic mass is 16.5. The minimum atomic E-state index is -0.107. The van der Waals surface area contributed by atoms with E-state index in [9.17, 15) is 4.79 Å². The molecule has 2 atom stereocenters. The van der Waals surface area contributed by atoms with Gasteiger partial charge in [0, 0.05) is 6.61 Å². The summed E-state index contributed by atoms with van der Waals surface area (Å²) in [5.74, 6) is -0.0159. The van der Waals surface area contributed by atoms with E-state index < -0.39 is 0 Å². The first kappa shape index (κ1) is 11.5. The summed E-state index contributed by atoms with van der Waals surface area (Å²) in [6, 6.07) is -0.107.